The fourth-order valence-corrected chi connectivity index (χ4v) is 2.98. The van der Waals surface area contributed by atoms with Gasteiger partial charge in [-0.1, -0.05) is 17.7 Å². The highest BCUT2D eigenvalue weighted by molar-refractivity contribution is 6.30. The fraction of sp³-hybridized carbons (Fsp3) is 0.294. The molecular weight excluding hydrogens is 328 g/mol. The predicted molar refractivity (Wildman–Crippen MR) is 94.3 cm³/mol. The first-order chi connectivity index (χ1) is 11.4. The van der Waals surface area contributed by atoms with Gasteiger partial charge in [-0.3, -0.25) is 4.79 Å². The molecule has 2 heterocycles. The maximum absolute atomic E-state index is 12.4. The smallest absolute Gasteiger partial charge is 0.321 e. The monoisotopic (exact) mass is 346 g/mol. The van der Waals surface area contributed by atoms with E-state index in [9.17, 15) is 9.59 Å². The number of hydrogen-bond donors (Lipinski definition) is 2. The van der Waals surface area contributed by atoms with E-state index in [1.54, 1.807) is 24.2 Å². The van der Waals surface area contributed by atoms with E-state index in [0.29, 0.717) is 23.7 Å². The van der Waals surface area contributed by atoms with Gasteiger partial charge in [0.25, 0.3) is 0 Å². The van der Waals surface area contributed by atoms with Crippen molar-refractivity contribution in [2.45, 2.75) is 19.4 Å². The summed E-state index contributed by atoms with van der Waals surface area (Å²) in [5.41, 5.74) is 3.44. The van der Waals surface area contributed by atoms with Crippen molar-refractivity contribution >= 4 is 34.9 Å². The Morgan fingerprint density at radius 1 is 1.38 bits per heavy atom. The molecule has 1 aromatic heterocycles. The van der Waals surface area contributed by atoms with Crippen molar-refractivity contribution in [2.24, 2.45) is 7.05 Å². The van der Waals surface area contributed by atoms with Crippen LogP contribution < -0.4 is 10.6 Å². The van der Waals surface area contributed by atoms with E-state index in [1.165, 1.54) is 0 Å². The molecule has 2 N–H and O–H groups in total. The van der Waals surface area contributed by atoms with Crippen LogP contribution in [0.3, 0.4) is 0 Å². The second kappa shape index (κ2) is 6.57. The summed E-state index contributed by atoms with van der Waals surface area (Å²) >= 11 is 5.96. The molecule has 2 aromatic rings. The third kappa shape index (κ3) is 3.54. The molecule has 7 heteroatoms. The quantitative estimate of drug-likeness (QED) is 0.896. The average molecular weight is 347 g/mol. The van der Waals surface area contributed by atoms with Crippen molar-refractivity contribution in [1.82, 2.24) is 9.47 Å². The number of carbonyl (C=O) groups is 2. The number of fused-ring (bicyclic) bond motifs is 1. The third-order valence-corrected chi connectivity index (χ3v) is 4.28. The summed E-state index contributed by atoms with van der Waals surface area (Å²) in [4.78, 5) is 25.4. The molecule has 1 aromatic carbocycles. The van der Waals surface area contributed by atoms with Crippen LogP contribution in [0.4, 0.5) is 16.2 Å². The second-order valence-electron chi connectivity index (χ2n) is 5.97. The van der Waals surface area contributed by atoms with Gasteiger partial charge in [0.15, 0.2) is 0 Å². The first-order valence-electron chi connectivity index (χ1n) is 7.68. The zero-order valence-electron chi connectivity index (χ0n) is 13.6. The summed E-state index contributed by atoms with van der Waals surface area (Å²) in [6.45, 7) is 0.441. The molecule has 0 fully saturated rings. The summed E-state index contributed by atoms with van der Waals surface area (Å²) in [6, 6.07) is 7.18. The summed E-state index contributed by atoms with van der Waals surface area (Å²) in [5.74, 6) is 0.00341. The molecule has 0 aliphatic carbocycles. The number of anilines is 2. The minimum atomic E-state index is -0.227. The van der Waals surface area contributed by atoms with Gasteiger partial charge in [-0.15, -0.1) is 0 Å². The van der Waals surface area contributed by atoms with Crippen molar-refractivity contribution in [3.8, 4) is 0 Å². The fourth-order valence-electron chi connectivity index (χ4n) is 2.71. The van der Waals surface area contributed by atoms with Crippen LogP contribution in [0.1, 0.15) is 17.7 Å². The molecule has 0 bridgehead atoms. The number of amides is 3. The van der Waals surface area contributed by atoms with Crippen LogP contribution in [0.25, 0.3) is 0 Å². The van der Waals surface area contributed by atoms with E-state index >= 15 is 0 Å². The van der Waals surface area contributed by atoms with Crippen molar-refractivity contribution < 1.29 is 9.59 Å². The minimum absolute atomic E-state index is 0.00341. The van der Waals surface area contributed by atoms with Gasteiger partial charge in [0.05, 0.1) is 11.6 Å². The van der Waals surface area contributed by atoms with Crippen LogP contribution in [-0.2, 0) is 24.8 Å². The Bertz CT molecular complexity index is 800. The molecule has 0 saturated carbocycles. The molecule has 3 rings (SSSR count). The van der Waals surface area contributed by atoms with Crippen molar-refractivity contribution in [1.29, 1.82) is 0 Å². The Balaban J connectivity index is 1.67. The average Bonchev–Trinajstić information content (AvgIpc) is 2.84. The number of hydrogen-bond acceptors (Lipinski definition) is 2. The highest BCUT2D eigenvalue weighted by Gasteiger charge is 2.16. The summed E-state index contributed by atoms with van der Waals surface area (Å²) in [7, 11) is 3.61. The van der Waals surface area contributed by atoms with Gasteiger partial charge in [0.1, 0.15) is 0 Å². The topological polar surface area (TPSA) is 66.4 Å². The molecule has 3 amide bonds. The molecule has 0 unspecified atom stereocenters. The zero-order valence-corrected chi connectivity index (χ0v) is 14.4. The second-order valence-corrected chi connectivity index (χ2v) is 6.40. The lowest BCUT2D eigenvalue weighted by Crippen LogP contribution is -2.31. The predicted octanol–water partition coefficient (Wildman–Crippen LogP) is 3.23. The lowest BCUT2D eigenvalue weighted by Gasteiger charge is -2.20. The van der Waals surface area contributed by atoms with Gasteiger partial charge >= 0.3 is 6.03 Å². The first kappa shape index (κ1) is 16.4. The summed E-state index contributed by atoms with van der Waals surface area (Å²) in [5, 5.41) is 6.32. The maximum atomic E-state index is 12.4. The summed E-state index contributed by atoms with van der Waals surface area (Å²) in [6.07, 6.45) is 3.03. The number of carbonyl (C=O) groups excluding carboxylic acids is 2. The number of urea groups is 1. The van der Waals surface area contributed by atoms with Gasteiger partial charge in [-0.25, -0.2) is 4.79 Å². The van der Waals surface area contributed by atoms with Gasteiger partial charge in [0.2, 0.25) is 5.91 Å². The van der Waals surface area contributed by atoms with Gasteiger partial charge in [-0.2, -0.15) is 0 Å². The number of rotatable bonds is 3. The van der Waals surface area contributed by atoms with Crippen molar-refractivity contribution in [2.75, 3.05) is 17.7 Å². The summed E-state index contributed by atoms with van der Waals surface area (Å²) < 4.78 is 1.89. The first-order valence-corrected chi connectivity index (χ1v) is 8.06. The zero-order chi connectivity index (χ0) is 17.3. The van der Waals surface area contributed by atoms with Crippen LogP contribution in [0, 0.1) is 0 Å². The lowest BCUT2D eigenvalue weighted by atomic mass is 10.0. The number of benzene rings is 1. The van der Waals surface area contributed by atoms with Crippen LogP contribution >= 0.6 is 11.6 Å². The highest BCUT2D eigenvalue weighted by Crippen LogP contribution is 2.26. The van der Waals surface area contributed by atoms with E-state index in [-0.39, 0.29) is 11.9 Å². The van der Waals surface area contributed by atoms with Crippen LogP contribution in [0.2, 0.25) is 5.02 Å². The Morgan fingerprint density at radius 3 is 2.88 bits per heavy atom. The Morgan fingerprint density at radius 2 is 2.17 bits per heavy atom. The SMILES string of the molecule is CN(Cc1cc(Cl)cn1C)C(=O)Nc1ccc2c(c1)NC(=O)CC2. The van der Waals surface area contributed by atoms with Crippen LogP contribution in [-0.4, -0.2) is 28.5 Å². The number of halogens is 1. The van der Waals surface area contributed by atoms with Crippen molar-refractivity contribution in [3.05, 3.63) is 46.7 Å². The van der Waals surface area contributed by atoms with Crippen LogP contribution in [0.5, 0.6) is 0 Å². The highest BCUT2D eigenvalue weighted by atomic mass is 35.5. The Hall–Kier alpha value is -2.47. The van der Waals surface area contributed by atoms with Gasteiger partial charge in [0, 0.05) is 43.8 Å². The number of aromatic nitrogens is 1. The molecule has 24 heavy (non-hydrogen) atoms. The molecule has 0 saturated heterocycles. The lowest BCUT2D eigenvalue weighted by molar-refractivity contribution is -0.116. The van der Waals surface area contributed by atoms with E-state index in [4.69, 9.17) is 11.6 Å². The molecule has 0 radical (unpaired) electrons. The van der Waals surface area contributed by atoms with Crippen molar-refractivity contribution in [3.63, 3.8) is 0 Å². The van der Waals surface area contributed by atoms with E-state index < -0.39 is 0 Å². The Kier molecular flexibility index (Phi) is 4.49. The van der Waals surface area contributed by atoms with E-state index in [2.05, 4.69) is 10.6 Å². The van der Waals surface area contributed by atoms with Gasteiger partial charge in [-0.05, 0) is 30.2 Å². The van der Waals surface area contributed by atoms with E-state index in [0.717, 1.165) is 23.4 Å². The van der Waals surface area contributed by atoms with Crippen LogP contribution in [0.15, 0.2) is 30.5 Å². The molecule has 0 spiro atoms. The van der Waals surface area contributed by atoms with E-state index in [1.807, 2.05) is 29.8 Å². The largest absolute Gasteiger partial charge is 0.351 e. The molecule has 1 aliphatic heterocycles. The number of nitrogens with one attached hydrogen (secondary N) is 2. The molecular formula is C17H19ClN4O2. The standard InChI is InChI=1S/C17H19ClN4O2/c1-21-9-12(18)7-14(21)10-22(2)17(24)19-13-5-3-11-4-6-16(23)20-15(11)8-13/h3,5,7-9H,4,6,10H2,1-2H3,(H,19,24)(H,20,23). The molecule has 1 aliphatic rings. The third-order valence-electron chi connectivity index (χ3n) is 4.08. The van der Waals surface area contributed by atoms with Gasteiger partial charge < -0.3 is 20.1 Å². The number of nitrogens with zero attached hydrogens (tertiary/aromatic N) is 2. The molecule has 0 atom stereocenters. The molecule has 126 valence electrons. The molecule has 6 nitrogen and oxygen atoms in total. The minimum Gasteiger partial charge on any atom is -0.351 e. The maximum Gasteiger partial charge on any atom is 0.321 e. The Labute approximate surface area is 145 Å². The number of aryl methyl sites for hydroxylation is 2. The normalized spacial score (nSPS) is 13.2.